The standard InChI is InChI=1S/C14H16N2O6S2/c1-7(2)13(17)15-9-5-6-10(23(19)20)12(24(21)22)11(9)16-14(18)8(3)4/h5-6H,1,3H2,2,4H3,(H,15,17)(H,16,18)(H,19,20)(H,21,22). The second kappa shape index (κ2) is 8.11. The molecule has 0 heterocycles. The Kier molecular flexibility index (Phi) is 6.72. The summed E-state index contributed by atoms with van der Waals surface area (Å²) in [6.45, 7) is 9.76. The smallest absolute Gasteiger partial charge is 0.250 e. The average molecular weight is 372 g/mol. The van der Waals surface area contributed by atoms with Gasteiger partial charge in [-0.1, -0.05) is 13.2 Å². The number of anilines is 2. The van der Waals surface area contributed by atoms with Crippen LogP contribution in [0.5, 0.6) is 0 Å². The number of hydrogen-bond acceptors (Lipinski definition) is 4. The first-order valence-electron chi connectivity index (χ1n) is 6.38. The SMILES string of the molecule is C=C(C)C(=O)Nc1ccc(S(=O)O)c(S(=O)O)c1NC(=O)C(=C)C. The van der Waals surface area contributed by atoms with E-state index in [1.807, 2.05) is 0 Å². The molecular formula is C14H16N2O6S2. The molecule has 0 fully saturated rings. The van der Waals surface area contributed by atoms with Crippen LogP contribution in [0.3, 0.4) is 0 Å². The van der Waals surface area contributed by atoms with Gasteiger partial charge in [0, 0.05) is 11.1 Å². The summed E-state index contributed by atoms with van der Waals surface area (Å²) in [7, 11) is 0. The van der Waals surface area contributed by atoms with Crippen LogP contribution in [0.15, 0.2) is 46.2 Å². The third-order valence-corrected chi connectivity index (χ3v) is 4.37. The monoisotopic (exact) mass is 372 g/mol. The van der Waals surface area contributed by atoms with Gasteiger partial charge in [-0.3, -0.25) is 9.59 Å². The predicted molar refractivity (Wildman–Crippen MR) is 91.4 cm³/mol. The van der Waals surface area contributed by atoms with Gasteiger partial charge in [0.05, 0.1) is 16.3 Å². The molecule has 2 amide bonds. The van der Waals surface area contributed by atoms with Gasteiger partial charge < -0.3 is 19.7 Å². The molecule has 0 aliphatic heterocycles. The number of carbonyl (C=O) groups is 2. The van der Waals surface area contributed by atoms with E-state index in [9.17, 15) is 27.1 Å². The van der Waals surface area contributed by atoms with Gasteiger partial charge in [0.25, 0.3) is 11.8 Å². The van der Waals surface area contributed by atoms with Crippen LogP contribution < -0.4 is 10.6 Å². The Hall–Kier alpha value is -2.14. The number of amides is 2. The van der Waals surface area contributed by atoms with Crippen LogP contribution in [-0.2, 0) is 31.7 Å². The molecule has 8 nitrogen and oxygen atoms in total. The quantitative estimate of drug-likeness (QED) is 0.445. The van der Waals surface area contributed by atoms with E-state index in [4.69, 9.17) is 0 Å². The molecule has 0 radical (unpaired) electrons. The van der Waals surface area contributed by atoms with E-state index < -0.39 is 38.9 Å². The van der Waals surface area contributed by atoms with Crippen LogP contribution in [0.1, 0.15) is 13.8 Å². The Bertz CT molecular complexity index is 788. The molecule has 0 bridgehead atoms. The van der Waals surface area contributed by atoms with E-state index in [1.165, 1.54) is 19.9 Å². The highest BCUT2D eigenvalue weighted by molar-refractivity contribution is 7.82. The second-order valence-electron chi connectivity index (χ2n) is 4.78. The topological polar surface area (TPSA) is 133 Å². The van der Waals surface area contributed by atoms with Gasteiger partial charge in [0.15, 0.2) is 22.2 Å². The molecule has 24 heavy (non-hydrogen) atoms. The Morgan fingerprint density at radius 1 is 0.958 bits per heavy atom. The van der Waals surface area contributed by atoms with Gasteiger partial charge in [-0.2, -0.15) is 0 Å². The zero-order valence-electron chi connectivity index (χ0n) is 12.9. The normalized spacial score (nSPS) is 12.8. The maximum absolute atomic E-state index is 11.9. The van der Waals surface area contributed by atoms with E-state index in [0.717, 1.165) is 6.07 Å². The lowest BCUT2D eigenvalue weighted by Crippen LogP contribution is -2.19. The fraction of sp³-hybridized carbons (Fsp3) is 0.143. The summed E-state index contributed by atoms with van der Waals surface area (Å²) in [4.78, 5) is 22.8. The molecule has 1 aromatic carbocycles. The lowest BCUT2D eigenvalue weighted by molar-refractivity contribution is -0.113. The number of benzene rings is 1. The average Bonchev–Trinajstić information content (AvgIpc) is 2.47. The van der Waals surface area contributed by atoms with E-state index in [2.05, 4.69) is 23.8 Å². The van der Waals surface area contributed by atoms with Crippen molar-refractivity contribution in [2.75, 3.05) is 10.6 Å². The zero-order chi connectivity index (χ0) is 18.6. The van der Waals surface area contributed by atoms with Crippen molar-refractivity contribution in [3.63, 3.8) is 0 Å². The number of rotatable bonds is 6. The van der Waals surface area contributed by atoms with Crippen molar-refractivity contribution in [3.05, 3.63) is 36.4 Å². The Morgan fingerprint density at radius 3 is 1.88 bits per heavy atom. The minimum absolute atomic E-state index is 0.0239. The Labute approximate surface area is 143 Å². The predicted octanol–water partition coefficient (Wildman–Crippen LogP) is 1.88. The van der Waals surface area contributed by atoms with Crippen molar-refractivity contribution in [3.8, 4) is 0 Å². The molecule has 130 valence electrons. The van der Waals surface area contributed by atoms with Crippen molar-refractivity contribution in [1.29, 1.82) is 0 Å². The van der Waals surface area contributed by atoms with Crippen LogP contribution in [0, 0.1) is 0 Å². The first-order chi connectivity index (χ1) is 11.1. The molecule has 2 atom stereocenters. The van der Waals surface area contributed by atoms with Crippen LogP contribution in [0.25, 0.3) is 0 Å². The molecular weight excluding hydrogens is 356 g/mol. The van der Waals surface area contributed by atoms with Crippen molar-refractivity contribution in [2.45, 2.75) is 23.6 Å². The van der Waals surface area contributed by atoms with Crippen molar-refractivity contribution in [2.24, 2.45) is 0 Å². The summed E-state index contributed by atoms with van der Waals surface area (Å²) >= 11 is -5.29. The van der Waals surface area contributed by atoms with Gasteiger partial charge >= 0.3 is 0 Å². The molecule has 0 spiro atoms. The molecule has 0 saturated carbocycles. The summed E-state index contributed by atoms with van der Waals surface area (Å²) in [5, 5.41) is 4.72. The lowest BCUT2D eigenvalue weighted by atomic mass is 10.2. The van der Waals surface area contributed by atoms with Gasteiger partial charge in [0.1, 0.15) is 4.90 Å². The zero-order valence-corrected chi connectivity index (χ0v) is 14.5. The van der Waals surface area contributed by atoms with Gasteiger partial charge in [0.2, 0.25) is 0 Å². The maximum Gasteiger partial charge on any atom is 0.250 e. The van der Waals surface area contributed by atoms with Gasteiger partial charge in [-0.05, 0) is 26.0 Å². The number of hydrogen-bond donors (Lipinski definition) is 4. The summed E-state index contributed by atoms with van der Waals surface area (Å²) in [6.07, 6.45) is 0. The van der Waals surface area contributed by atoms with Crippen LogP contribution in [-0.4, -0.2) is 29.3 Å². The summed E-state index contributed by atoms with van der Waals surface area (Å²) < 4.78 is 41.8. The minimum Gasteiger partial charge on any atom is -0.320 e. The molecule has 4 N–H and O–H groups in total. The van der Waals surface area contributed by atoms with Crippen molar-refractivity contribution in [1.82, 2.24) is 0 Å². The third kappa shape index (κ3) is 4.68. The molecule has 1 aromatic rings. The lowest BCUT2D eigenvalue weighted by Gasteiger charge is -2.17. The highest BCUT2D eigenvalue weighted by Crippen LogP contribution is 2.34. The maximum atomic E-state index is 11.9. The third-order valence-electron chi connectivity index (χ3n) is 2.75. The molecule has 0 aliphatic rings. The van der Waals surface area contributed by atoms with Crippen LogP contribution in [0.2, 0.25) is 0 Å². The Morgan fingerprint density at radius 2 is 1.46 bits per heavy atom. The molecule has 0 aromatic heterocycles. The van der Waals surface area contributed by atoms with Crippen molar-refractivity contribution >= 4 is 45.4 Å². The molecule has 0 saturated heterocycles. The highest BCUT2D eigenvalue weighted by atomic mass is 32.2. The molecule has 2 unspecified atom stereocenters. The second-order valence-corrected chi connectivity index (χ2v) is 6.63. The molecule has 1 rings (SSSR count). The number of nitrogens with one attached hydrogen (secondary N) is 2. The van der Waals surface area contributed by atoms with Gasteiger partial charge in [-0.15, -0.1) is 0 Å². The fourth-order valence-corrected chi connectivity index (χ4v) is 3.00. The number of carbonyl (C=O) groups excluding carboxylic acids is 2. The Balaban J connectivity index is 3.61. The van der Waals surface area contributed by atoms with Crippen molar-refractivity contribution < 1.29 is 27.1 Å². The minimum atomic E-state index is -2.71. The summed E-state index contributed by atoms with van der Waals surface area (Å²) in [6, 6.07) is 2.33. The first kappa shape index (κ1) is 19.9. The highest BCUT2D eigenvalue weighted by Gasteiger charge is 2.23. The van der Waals surface area contributed by atoms with Crippen LogP contribution >= 0.6 is 0 Å². The summed E-state index contributed by atoms with van der Waals surface area (Å²) in [5.41, 5.74) is -0.0337. The van der Waals surface area contributed by atoms with E-state index >= 15 is 0 Å². The largest absolute Gasteiger partial charge is 0.320 e. The fourth-order valence-electron chi connectivity index (χ4n) is 1.55. The van der Waals surface area contributed by atoms with E-state index in [0.29, 0.717) is 0 Å². The van der Waals surface area contributed by atoms with E-state index in [-0.39, 0.29) is 27.4 Å². The van der Waals surface area contributed by atoms with Crippen LogP contribution in [0.4, 0.5) is 11.4 Å². The van der Waals surface area contributed by atoms with Gasteiger partial charge in [-0.25, -0.2) is 8.42 Å². The molecule has 10 heteroatoms. The van der Waals surface area contributed by atoms with E-state index in [1.54, 1.807) is 0 Å². The summed E-state index contributed by atoms with van der Waals surface area (Å²) in [5.74, 6) is -1.28. The first-order valence-corrected chi connectivity index (χ1v) is 8.60. The molecule has 0 aliphatic carbocycles.